The first-order chi connectivity index (χ1) is 10.8. The van der Waals surface area contributed by atoms with Crippen molar-refractivity contribution < 1.29 is 18.9 Å². The van der Waals surface area contributed by atoms with Gasteiger partial charge in [0.1, 0.15) is 5.75 Å². The van der Waals surface area contributed by atoms with E-state index in [0.717, 1.165) is 28.9 Å². The molecule has 0 saturated carbocycles. The Kier molecular flexibility index (Phi) is 3.92. The van der Waals surface area contributed by atoms with Crippen LogP contribution < -0.4 is 18.9 Å². The van der Waals surface area contributed by atoms with E-state index in [-0.39, 0.29) is 0 Å². The predicted octanol–water partition coefficient (Wildman–Crippen LogP) is 3.83. The van der Waals surface area contributed by atoms with Crippen molar-refractivity contribution in [1.82, 2.24) is 0 Å². The van der Waals surface area contributed by atoms with Crippen molar-refractivity contribution in [2.75, 3.05) is 21.3 Å². The van der Waals surface area contributed by atoms with Gasteiger partial charge < -0.3 is 18.9 Å². The van der Waals surface area contributed by atoms with Gasteiger partial charge in [-0.2, -0.15) is 0 Å². The van der Waals surface area contributed by atoms with Gasteiger partial charge in [-0.3, -0.25) is 0 Å². The van der Waals surface area contributed by atoms with E-state index in [2.05, 4.69) is 6.07 Å². The van der Waals surface area contributed by atoms with E-state index < -0.39 is 0 Å². The number of hydrogen-bond acceptors (Lipinski definition) is 4. The summed E-state index contributed by atoms with van der Waals surface area (Å²) >= 11 is 0. The molecule has 0 atom stereocenters. The van der Waals surface area contributed by atoms with Crippen LogP contribution in [0.15, 0.2) is 42.7 Å². The molecule has 114 valence electrons. The summed E-state index contributed by atoms with van der Waals surface area (Å²) < 4.78 is 22.0. The molecule has 0 bridgehead atoms. The van der Waals surface area contributed by atoms with Crippen LogP contribution in [0.3, 0.4) is 0 Å². The lowest BCUT2D eigenvalue weighted by Gasteiger charge is -2.20. The van der Waals surface area contributed by atoms with Gasteiger partial charge in [0, 0.05) is 11.1 Å². The number of fused-ring (bicyclic) bond motifs is 1. The van der Waals surface area contributed by atoms with Crippen molar-refractivity contribution in [3.8, 4) is 34.1 Å². The summed E-state index contributed by atoms with van der Waals surface area (Å²) in [4.78, 5) is 0. The minimum absolute atomic E-state index is 0.590. The highest BCUT2D eigenvalue weighted by molar-refractivity contribution is 5.80. The van der Waals surface area contributed by atoms with Crippen LogP contribution in [0.4, 0.5) is 0 Å². The van der Waals surface area contributed by atoms with Gasteiger partial charge in [-0.1, -0.05) is 12.1 Å². The van der Waals surface area contributed by atoms with E-state index in [9.17, 15) is 0 Å². The first kappa shape index (κ1) is 14.3. The molecule has 0 saturated heterocycles. The summed E-state index contributed by atoms with van der Waals surface area (Å²) in [7, 11) is 4.85. The molecule has 0 N–H and O–H groups in total. The van der Waals surface area contributed by atoms with E-state index in [1.54, 1.807) is 27.6 Å². The van der Waals surface area contributed by atoms with E-state index in [0.29, 0.717) is 17.2 Å². The molecular weight excluding hydrogens is 280 g/mol. The van der Waals surface area contributed by atoms with Crippen LogP contribution >= 0.6 is 0 Å². The van der Waals surface area contributed by atoms with Crippen molar-refractivity contribution in [2.45, 2.75) is 6.42 Å². The van der Waals surface area contributed by atoms with Crippen LogP contribution in [-0.4, -0.2) is 21.3 Å². The quantitative estimate of drug-likeness (QED) is 0.859. The Morgan fingerprint density at radius 2 is 1.68 bits per heavy atom. The number of methoxy groups -OCH3 is 3. The fourth-order valence-corrected chi connectivity index (χ4v) is 2.74. The second-order valence-corrected chi connectivity index (χ2v) is 4.86. The summed E-state index contributed by atoms with van der Waals surface area (Å²) in [6.07, 6.45) is 4.54. The third kappa shape index (κ3) is 2.26. The van der Waals surface area contributed by atoms with Gasteiger partial charge in [0.2, 0.25) is 5.75 Å². The van der Waals surface area contributed by atoms with E-state index >= 15 is 0 Å². The molecule has 2 aromatic rings. The van der Waals surface area contributed by atoms with Crippen LogP contribution in [-0.2, 0) is 6.42 Å². The van der Waals surface area contributed by atoms with Crippen LogP contribution in [0.25, 0.3) is 11.1 Å². The Hall–Kier alpha value is -2.62. The molecule has 1 heterocycles. The molecule has 0 aromatic heterocycles. The molecule has 0 radical (unpaired) electrons. The third-order valence-corrected chi connectivity index (χ3v) is 3.74. The standard InChI is InChI=1S/C18H18O4/c1-19-16-10-9-14(17(20-2)18(16)21-3)12-6-4-8-15-13(12)7-5-11-22-15/h4-6,8-11H,7H2,1-3H3. The highest BCUT2D eigenvalue weighted by Crippen LogP contribution is 2.46. The van der Waals surface area contributed by atoms with Gasteiger partial charge in [0.15, 0.2) is 11.5 Å². The monoisotopic (exact) mass is 298 g/mol. The number of ether oxygens (including phenoxy) is 4. The zero-order valence-corrected chi connectivity index (χ0v) is 12.9. The fraction of sp³-hybridized carbons (Fsp3) is 0.222. The zero-order valence-electron chi connectivity index (χ0n) is 12.9. The largest absolute Gasteiger partial charge is 0.493 e. The molecule has 2 aromatic carbocycles. The van der Waals surface area contributed by atoms with Crippen molar-refractivity contribution >= 4 is 0 Å². The summed E-state index contributed by atoms with van der Waals surface area (Å²) in [5, 5.41) is 0. The lowest BCUT2D eigenvalue weighted by Crippen LogP contribution is -2.01. The van der Waals surface area contributed by atoms with Gasteiger partial charge in [0.25, 0.3) is 0 Å². The van der Waals surface area contributed by atoms with Crippen LogP contribution in [0.2, 0.25) is 0 Å². The Bertz CT molecular complexity index is 719. The Balaban J connectivity index is 2.22. The molecular formula is C18H18O4. The zero-order chi connectivity index (χ0) is 15.5. The molecule has 3 rings (SSSR count). The smallest absolute Gasteiger partial charge is 0.203 e. The highest BCUT2D eigenvalue weighted by atomic mass is 16.5. The number of allylic oxidation sites excluding steroid dienone is 1. The number of hydrogen-bond donors (Lipinski definition) is 0. The van der Waals surface area contributed by atoms with Gasteiger partial charge in [-0.25, -0.2) is 0 Å². The maximum Gasteiger partial charge on any atom is 0.203 e. The maximum atomic E-state index is 5.59. The third-order valence-electron chi connectivity index (χ3n) is 3.74. The summed E-state index contributed by atoms with van der Waals surface area (Å²) in [5.41, 5.74) is 3.16. The second kappa shape index (κ2) is 6.02. The molecule has 0 fully saturated rings. The van der Waals surface area contributed by atoms with Crippen LogP contribution in [0.1, 0.15) is 5.56 Å². The Labute approximate surface area is 129 Å². The van der Waals surface area contributed by atoms with E-state index in [1.807, 2.05) is 30.3 Å². The molecule has 4 nitrogen and oxygen atoms in total. The molecule has 0 amide bonds. The topological polar surface area (TPSA) is 36.9 Å². The normalized spacial score (nSPS) is 12.3. The van der Waals surface area contributed by atoms with Gasteiger partial charge >= 0.3 is 0 Å². The predicted molar refractivity (Wildman–Crippen MR) is 85.0 cm³/mol. The van der Waals surface area contributed by atoms with Gasteiger partial charge in [-0.05, 0) is 36.3 Å². The molecule has 1 aliphatic heterocycles. The van der Waals surface area contributed by atoms with Gasteiger partial charge in [-0.15, -0.1) is 0 Å². The van der Waals surface area contributed by atoms with Gasteiger partial charge in [0.05, 0.1) is 27.6 Å². The van der Waals surface area contributed by atoms with Crippen LogP contribution in [0.5, 0.6) is 23.0 Å². The molecule has 22 heavy (non-hydrogen) atoms. The van der Waals surface area contributed by atoms with Crippen molar-refractivity contribution in [1.29, 1.82) is 0 Å². The minimum Gasteiger partial charge on any atom is -0.493 e. The average Bonchev–Trinajstić information content (AvgIpc) is 2.59. The molecule has 0 spiro atoms. The molecule has 4 heteroatoms. The molecule has 0 aliphatic carbocycles. The average molecular weight is 298 g/mol. The fourth-order valence-electron chi connectivity index (χ4n) is 2.74. The lowest BCUT2D eigenvalue weighted by molar-refractivity contribution is 0.325. The highest BCUT2D eigenvalue weighted by Gasteiger charge is 2.20. The number of benzene rings is 2. The molecule has 0 unspecified atom stereocenters. The van der Waals surface area contributed by atoms with Crippen LogP contribution in [0, 0.1) is 0 Å². The summed E-state index contributed by atoms with van der Waals surface area (Å²) in [5.74, 6) is 2.76. The van der Waals surface area contributed by atoms with Crippen molar-refractivity contribution in [3.63, 3.8) is 0 Å². The summed E-state index contributed by atoms with van der Waals surface area (Å²) in [6, 6.07) is 9.87. The lowest BCUT2D eigenvalue weighted by atomic mass is 9.95. The minimum atomic E-state index is 0.590. The SMILES string of the molecule is COc1ccc(-c2cccc3c2CC=CO3)c(OC)c1OC. The first-order valence-electron chi connectivity index (χ1n) is 7.03. The first-order valence-corrected chi connectivity index (χ1v) is 7.03. The number of rotatable bonds is 4. The van der Waals surface area contributed by atoms with Crippen molar-refractivity contribution in [3.05, 3.63) is 48.2 Å². The summed E-state index contributed by atoms with van der Waals surface area (Å²) in [6.45, 7) is 0. The molecule has 1 aliphatic rings. The Morgan fingerprint density at radius 3 is 2.41 bits per heavy atom. The maximum absolute atomic E-state index is 5.59. The Morgan fingerprint density at radius 1 is 0.864 bits per heavy atom. The van der Waals surface area contributed by atoms with E-state index in [4.69, 9.17) is 18.9 Å². The second-order valence-electron chi connectivity index (χ2n) is 4.86. The van der Waals surface area contributed by atoms with Crippen molar-refractivity contribution in [2.24, 2.45) is 0 Å². The van der Waals surface area contributed by atoms with E-state index in [1.165, 1.54) is 0 Å².